The number of hydrogen-bond donors (Lipinski definition) is 2. The van der Waals surface area contributed by atoms with Crippen LogP contribution in [0.5, 0.6) is 0 Å². The summed E-state index contributed by atoms with van der Waals surface area (Å²) in [5.41, 5.74) is 7.20. The Morgan fingerprint density at radius 1 is 0.600 bits per heavy atom. The van der Waals surface area contributed by atoms with Gasteiger partial charge in [-0.25, -0.2) is 37.3 Å². The van der Waals surface area contributed by atoms with E-state index in [0.717, 1.165) is 0 Å². The molecule has 0 unspecified atom stereocenters. The summed E-state index contributed by atoms with van der Waals surface area (Å²) >= 11 is 0. The Hall–Kier alpha value is -1.36. The predicted octanol–water partition coefficient (Wildman–Crippen LogP) is -9.47. The van der Waals surface area contributed by atoms with E-state index >= 15 is 0 Å². The van der Waals surface area contributed by atoms with E-state index in [1.54, 1.807) is 0 Å². The van der Waals surface area contributed by atoms with Crippen molar-refractivity contribution in [3.05, 3.63) is 22.8 Å². The molecule has 0 amide bonds. The van der Waals surface area contributed by atoms with Crippen LogP contribution in [0.25, 0.3) is 11.1 Å². The van der Waals surface area contributed by atoms with Gasteiger partial charge in [-0.1, -0.05) is 0 Å². The minimum atomic E-state index is -4.94. The summed E-state index contributed by atoms with van der Waals surface area (Å²) in [6, 6.07) is 0. The molecule has 0 aliphatic carbocycles. The van der Waals surface area contributed by atoms with Gasteiger partial charge in [-0.3, -0.25) is 0 Å². The molecule has 0 saturated heterocycles. The van der Waals surface area contributed by atoms with E-state index in [1.807, 2.05) is 0 Å². The first-order valence-corrected chi connectivity index (χ1v) is 8.45. The number of halogens is 2. The average Bonchev–Trinajstić information content (AvgIpc) is 2.80. The van der Waals surface area contributed by atoms with Crippen molar-refractivity contribution in [2.45, 2.75) is 27.7 Å². The van der Waals surface area contributed by atoms with Crippen LogP contribution in [0.2, 0.25) is 0 Å². The highest BCUT2D eigenvalue weighted by Crippen LogP contribution is 2.27. The van der Waals surface area contributed by atoms with Crippen molar-refractivity contribution in [1.29, 1.82) is 0 Å². The summed E-state index contributed by atoms with van der Waals surface area (Å²) in [6.45, 7) is 8.30. The molecule has 0 radical (unpaired) electrons. The lowest BCUT2D eigenvalue weighted by molar-refractivity contribution is -2.00. The number of aromatic amines is 4. The van der Waals surface area contributed by atoms with Crippen molar-refractivity contribution >= 4 is 0 Å². The number of nitrogens with one attached hydrogen (secondary N) is 4. The summed E-state index contributed by atoms with van der Waals surface area (Å²) in [7, 11) is -9.89. The first-order valence-electron chi connectivity index (χ1n) is 5.98. The van der Waals surface area contributed by atoms with E-state index in [1.165, 1.54) is 33.9 Å². The minimum absolute atomic E-state index is 0. The smallest absolute Gasteiger partial charge is 0.210 e. The molecule has 2 heterocycles. The molecule has 0 aliphatic heterocycles. The molecule has 25 heavy (non-hydrogen) atoms. The molecule has 0 spiro atoms. The maximum absolute atomic E-state index is 8.49. The largest absolute Gasteiger partial charge is 0.412 e. The van der Waals surface area contributed by atoms with Crippen LogP contribution in [0.3, 0.4) is 0 Å². The van der Waals surface area contributed by atoms with Gasteiger partial charge in [0.2, 0.25) is 11.4 Å². The lowest BCUT2D eigenvalue weighted by Gasteiger charge is -2.17. The van der Waals surface area contributed by atoms with Gasteiger partial charge >= 0.3 is 0 Å². The van der Waals surface area contributed by atoms with Crippen LogP contribution in [-0.4, -0.2) is 15.7 Å². The summed E-state index contributed by atoms with van der Waals surface area (Å²) in [5, 5.41) is 12.5. The molecule has 2 aromatic heterocycles. The van der Waals surface area contributed by atoms with Crippen molar-refractivity contribution in [1.82, 2.24) is 10.2 Å². The zero-order chi connectivity index (χ0) is 19.3. The fourth-order valence-corrected chi connectivity index (χ4v) is 1.94. The van der Waals surface area contributed by atoms with Gasteiger partial charge in [0.25, 0.3) is 0 Å². The fourth-order valence-electron chi connectivity index (χ4n) is 1.94. The normalized spacial score (nSPS) is 10.9. The lowest BCUT2D eigenvalue weighted by atomic mass is 10.0. The third-order valence-electron chi connectivity index (χ3n) is 2.62. The number of rotatable bonds is 1. The maximum Gasteiger partial charge on any atom is 0.210 e. The Balaban J connectivity index is 0. The van der Waals surface area contributed by atoms with E-state index < -0.39 is 20.5 Å². The number of H-pyrrole nitrogens is 4. The predicted molar refractivity (Wildman–Crippen MR) is 56.3 cm³/mol. The van der Waals surface area contributed by atoms with Crippen molar-refractivity contribution in [2.75, 3.05) is 0 Å². The highest BCUT2D eigenvalue weighted by Gasteiger charge is 2.22. The Kier molecular flexibility index (Phi) is 10.3. The van der Waals surface area contributed by atoms with Gasteiger partial charge in [-0.2, -0.15) is 10.2 Å². The molecule has 6 N–H and O–H groups in total. The van der Waals surface area contributed by atoms with Crippen molar-refractivity contribution < 1.29 is 73.4 Å². The fraction of sp³-hybridized carbons (Fsp3) is 0.400. The van der Waals surface area contributed by atoms with E-state index in [9.17, 15) is 0 Å². The topological polar surface area (TPSA) is 276 Å². The number of aromatic nitrogens is 4. The minimum Gasteiger partial charge on any atom is -0.412 e. The van der Waals surface area contributed by atoms with Crippen molar-refractivity contribution in [3.63, 3.8) is 0 Å². The molecule has 146 valence electrons. The molecular formula is C10H18Cl2N4O9. The molecule has 0 fully saturated rings. The van der Waals surface area contributed by atoms with Gasteiger partial charge in [0.1, 0.15) is 0 Å². The molecule has 2 aromatic rings. The summed E-state index contributed by atoms with van der Waals surface area (Å²) in [5.74, 6) is 0. The van der Waals surface area contributed by atoms with Gasteiger partial charge in [-0.05, 0) is 13.8 Å². The van der Waals surface area contributed by atoms with Crippen molar-refractivity contribution in [2.24, 2.45) is 0 Å². The van der Waals surface area contributed by atoms with Crippen LogP contribution in [0, 0.1) is 48.2 Å². The Morgan fingerprint density at radius 2 is 0.800 bits per heavy atom. The molecule has 0 saturated carbocycles. The second-order valence-electron chi connectivity index (χ2n) is 4.51. The number of aryl methyl sites for hydroxylation is 4. The van der Waals surface area contributed by atoms with Crippen LogP contribution in [-0.2, 0) is 0 Å². The molecule has 13 nitrogen and oxygen atoms in total. The van der Waals surface area contributed by atoms with Crippen LogP contribution in [0.1, 0.15) is 22.8 Å². The maximum atomic E-state index is 8.49. The first-order chi connectivity index (χ1) is 10.6. The second kappa shape index (κ2) is 9.95. The third kappa shape index (κ3) is 11.8. The van der Waals surface area contributed by atoms with E-state index in [-0.39, 0.29) is 5.48 Å². The molecule has 15 heteroatoms. The highest BCUT2D eigenvalue weighted by atomic mass is 35.7. The lowest BCUT2D eigenvalue weighted by Crippen LogP contribution is -2.68. The van der Waals surface area contributed by atoms with Gasteiger partial charge in [0.15, 0.2) is 0 Å². The average molecular weight is 409 g/mol. The van der Waals surface area contributed by atoms with Crippen LogP contribution in [0.15, 0.2) is 0 Å². The quantitative estimate of drug-likeness (QED) is 0.455. The van der Waals surface area contributed by atoms with E-state index in [2.05, 4.69) is 48.1 Å². The van der Waals surface area contributed by atoms with Crippen LogP contribution < -0.4 is 47.5 Å². The van der Waals surface area contributed by atoms with E-state index in [0.29, 0.717) is 0 Å². The summed E-state index contributed by atoms with van der Waals surface area (Å²) in [4.78, 5) is 0. The van der Waals surface area contributed by atoms with Gasteiger partial charge in [0.05, 0.1) is 22.5 Å². The standard InChI is InChI=1S/C10H14N4.2ClHO4.H2O/c1-5-9(6(2)12-11-5)10-7(3)13-14-8(10)4;2*2-1(3,4)5;/h1-4H3,(H,11,12)(H,13,14);2*(H,2,3,4,5);1H2. The second-order valence-corrected chi connectivity index (χ2v) is 6.02. The van der Waals surface area contributed by atoms with Gasteiger partial charge < -0.3 is 5.48 Å². The summed E-state index contributed by atoms with van der Waals surface area (Å²) in [6.07, 6.45) is 0. The molecular weight excluding hydrogens is 391 g/mol. The monoisotopic (exact) mass is 408 g/mol. The molecule has 0 bridgehead atoms. The molecule has 0 aromatic carbocycles. The Morgan fingerprint density at radius 3 is 0.920 bits per heavy atom. The Labute approximate surface area is 146 Å². The van der Waals surface area contributed by atoms with E-state index in [4.69, 9.17) is 37.3 Å². The van der Waals surface area contributed by atoms with Crippen LogP contribution in [0.4, 0.5) is 0 Å². The first kappa shape index (κ1) is 25.9. The highest BCUT2D eigenvalue weighted by molar-refractivity contribution is 5.70. The van der Waals surface area contributed by atoms with Crippen molar-refractivity contribution in [3.8, 4) is 11.1 Å². The summed E-state index contributed by atoms with van der Waals surface area (Å²) < 4.78 is 67.9. The van der Waals surface area contributed by atoms with Crippen LogP contribution >= 0.6 is 0 Å². The van der Waals surface area contributed by atoms with Gasteiger partial charge in [0, 0.05) is 13.8 Å². The molecule has 0 atom stereocenters. The zero-order valence-corrected chi connectivity index (χ0v) is 15.0. The number of hydrogen-bond acceptors (Lipinski definition) is 8. The molecule has 0 aliphatic rings. The SMILES string of the molecule is Cc1[nH][nH+]c(C)c1-c1c(C)[nH][nH+]c1C.O.[O-][Cl+3]([O-])([O-])[O-].[O-][Cl+3]([O-])([O-])[O-]. The Bertz CT molecular complexity index is 541. The molecule has 2 rings (SSSR count). The zero-order valence-electron chi connectivity index (χ0n) is 13.5. The van der Waals surface area contributed by atoms with Gasteiger partial charge in [-0.15, -0.1) is 30.7 Å². The third-order valence-corrected chi connectivity index (χ3v) is 2.62.